The van der Waals surface area contributed by atoms with Crippen LogP contribution in [0.5, 0.6) is 0 Å². The van der Waals surface area contributed by atoms with Crippen molar-refractivity contribution in [3.63, 3.8) is 0 Å². The highest BCUT2D eigenvalue weighted by molar-refractivity contribution is 7.98. The van der Waals surface area contributed by atoms with Gasteiger partial charge in [-0.25, -0.2) is 4.21 Å². The van der Waals surface area contributed by atoms with Gasteiger partial charge in [-0.3, -0.25) is 0 Å². The molecule has 1 atom stereocenters. The van der Waals surface area contributed by atoms with E-state index >= 15 is 0 Å². The molecule has 1 aromatic carbocycles. The smallest absolute Gasteiger partial charge is 0.186 e. The van der Waals surface area contributed by atoms with Crippen LogP contribution >= 0.6 is 11.8 Å². The molecule has 60 valence electrons. The first-order valence-electron chi connectivity index (χ1n) is 2.99. The zero-order valence-electron chi connectivity index (χ0n) is 5.98. The zero-order valence-corrected chi connectivity index (χ0v) is 7.61. The molecule has 0 aromatic heterocycles. The van der Waals surface area contributed by atoms with Gasteiger partial charge in [0.05, 0.1) is 4.90 Å². The van der Waals surface area contributed by atoms with Crippen LogP contribution < -0.4 is 0 Å². The van der Waals surface area contributed by atoms with Crippen LogP contribution in [0, 0.1) is 0 Å². The molecular formula is C7H8O2S2. The van der Waals surface area contributed by atoms with E-state index in [4.69, 9.17) is 4.55 Å². The molecule has 0 spiro atoms. The van der Waals surface area contributed by atoms with Crippen LogP contribution in [0.25, 0.3) is 0 Å². The van der Waals surface area contributed by atoms with Gasteiger partial charge in [0.1, 0.15) is 0 Å². The standard InChI is InChI=1S/C7H8O2S2/c1-10-6-2-4-7(5-3-6)11(8)9/h2-5H,1H3,(H,8,9). The predicted molar refractivity (Wildman–Crippen MR) is 47.3 cm³/mol. The first-order chi connectivity index (χ1) is 5.24. The van der Waals surface area contributed by atoms with E-state index in [2.05, 4.69) is 0 Å². The normalized spacial score (nSPS) is 12.9. The third kappa shape index (κ3) is 2.32. The molecule has 1 rings (SSSR count). The third-order valence-corrected chi connectivity index (χ3v) is 2.68. The van der Waals surface area contributed by atoms with Gasteiger partial charge in [-0.05, 0) is 30.5 Å². The Morgan fingerprint density at radius 1 is 1.36 bits per heavy atom. The fourth-order valence-corrected chi connectivity index (χ4v) is 1.47. The van der Waals surface area contributed by atoms with Crippen LogP contribution in [0.4, 0.5) is 0 Å². The van der Waals surface area contributed by atoms with E-state index in [1.165, 1.54) is 0 Å². The highest BCUT2D eigenvalue weighted by Gasteiger charge is 1.97. The molecule has 0 saturated heterocycles. The fraction of sp³-hybridized carbons (Fsp3) is 0.143. The van der Waals surface area contributed by atoms with Crippen LogP contribution in [0.15, 0.2) is 34.1 Å². The van der Waals surface area contributed by atoms with Crippen molar-refractivity contribution < 1.29 is 8.76 Å². The van der Waals surface area contributed by atoms with Gasteiger partial charge in [-0.15, -0.1) is 11.8 Å². The summed E-state index contributed by atoms with van der Waals surface area (Å²) in [5.74, 6) is 0. The fourth-order valence-electron chi connectivity index (χ4n) is 0.692. The Morgan fingerprint density at radius 3 is 2.27 bits per heavy atom. The molecule has 4 heteroatoms. The molecule has 0 fully saturated rings. The van der Waals surface area contributed by atoms with Crippen molar-refractivity contribution in [1.29, 1.82) is 0 Å². The Kier molecular flexibility index (Phi) is 3.11. The predicted octanol–water partition coefficient (Wildman–Crippen LogP) is 1.99. The van der Waals surface area contributed by atoms with Crippen molar-refractivity contribution in [3.8, 4) is 0 Å². The van der Waals surface area contributed by atoms with Crippen LogP contribution in [0.3, 0.4) is 0 Å². The van der Waals surface area contributed by atoms with Crippen molar-refractivity contribution in [2.45, 2.75) is 9.79 Å². The van der Waals surface area contributed by atoms with E-state index in [0.29, 0.717) is 4.90 Å². The summed E-state index contributed by atoms with van der Waals surface area (Å²) in [6.07, 6.45) is 1.96. The number of rotatable bonds is 2. The Hall–Kier alpha value is -0.320. The number of benzene rings is 1. The molecule has 0 saturated carbocycles. The molecule has 0 aliphatic rings. The monoisotopic (exact) mass is 188 g/mol. The van der Waals surface area contributed by atoms with E-state index in [1.54, 1.807) is 23.9 Å². The Labute approximate surface area is 72.3 Å². The van der Waals surface area contributed by atoms with Crippen molar-refractivity contribution in [2.75, 3.05) is 6.26 Å². The maximum absolute atomic E-state index is 10.5. The van der Waals surface area contributed by atoms with Crippen molar-refractivity contribution >= 4 is 22.8 Å². The average molecular weight is 188 g/mol. The van der Waals surface area contributed by atoms with Gasteiger partial charge in [0, 0.05) is 4.90 Å². The Balaban J connectivity index is 2.91. The lowest BCUT2D eigenvalue weighted by atomic mass is 10.4. The SMILES string of the molecule is CSc1ccc(S(=O)O)cc1. The maximum atomic E-state index is 10.5. The molecule has 11 heavy (non-hydrogen) atoms. The van der Waals surface area contributed by atoms with Crippen molar-refractivity contribution in [2.24, 2.45) is 0 Å². The quantitative estimate of drug-likeness (QED) is 0.569. The Morgan fingerprint density at radius 2 is 1.91 bits per heavy atom. The number of hydrogen-bond acceptors (Lipinski definition) is 2. The maximum Gasteiger partial charge on any atom is 0.186 e. The summed E-state index contributed by atoms with van der Waals surface area (Å²) in [4.78, 5) is 1.54. The summed E-state index contributed by atoms with van der Waals surface area (Å²) in [5.41, 5.74) is 0. The van der Waals surface area contributed by atoms with Gasteiger partial charge in [-0.1, -0.05) is 0 Å². The van der Waals surface area contributed by atoms with E-state index in [-0.39, 0.29) is 0 Å². The summed E-state index contributed by atoms with van der Waals surface area (Å²) >= 11 is -0.240. The van der Waals surface area contributed by atoms with E-state index < -0.39 is 11.1 Å². The third-order valence-electron chi connectivity index (χ3n) is 1.26. The molecule has 0 heterocycles. The molecule has 1 aromatic rings. The minimum Gasteiger partial charge on any atom is -0.302 e. The minimum atomic E-state index is -1.85. The molecule has 1 unspecified atom stereocenters. The van der Waals surface area contributed by atoms with Crippen LogP contribution in [-0.4, -0.2) is 15.0 Å². The van der Waals surface area contributed by atoms with E-state index in [9.17, 15) is 4.21 Å². The topological polar surface area (TPSA) is 37.3 Å². The second kappa shape index (κ2) is 3.90. The first-order valence-corrected chi connectivity index (χ1v) is 5.32. The van der Waals surface area contributed by atoms with Crippen LogP contribution in [0.2, 0.25) is 0 Å². The van der Waals surface area contributed by atoms with Crippen LogP contribution in [-0.2, 0) is 11.1 Å². The summed E-state index contributed by atoms with van der Waals surface area (Å²) in [6.45, 7) is 0. The van der Waals surface area contributed by atoms with Crippen LogP contribution in [0.1, 0.15) is 0 Å². The van der Waals surface area contributed by atoms with E-state index in [1.807, 2.05) is 18.4 Å². The second-order valence-corrected chi connectivity index (χ2v) is 3.77. The van der Waals surface area contributed by atoms with Crippen molar-refractivity contribution in [3.05, 3.63) is 24.3 Å². The highest BCUT2D eigenvalue weighted by Crippen LogP contribution is 2.15. The van der Waals surface area contributed by atoms with E-state index in [0.717, 1.165) is 4.90 Å². The molecule has 2 nitrogen and oxygen atoms in total. The van der Waals surface area contributed by atoms with Crippen molar-refractivity contribution in [1.82, 2.24) is 0 Å². The largest absolute Gasteiger partial charge is 0.302 e. The lowest BCUT2D eigenvalue weighted by molar-refractivity contribution is 0.564. The summed E-state index contributed by atoms with van der Waals surface area (Å²) in [6, 6.07) is 6.96. The van der Waals surface area contributed by atoms with Gasteiger partial charge < -0.3 is 4.55 Å². The molecule has 0 aliphatic heterocycles. The lowest BCUT2D eigenvalue weighted by Crippen LogP contribution is -1.86. The molecule has 1 N–H and O–H groups in total. The number of thioether (sulfide) groups is 1. The van der Waals surface area contributed by atoms with Gasteiger partial charge in [0.25, 0.3) is 0 Å². The minimum absolute atomic E-state index is 0.447. The number of hydrogen-bond donors (Lipinski definition) is 1. The van der Waals surface area contributed by atoms with Gasteiger partial charge >= 0.3 is 0 Å². The zero-order chi connectivity index (χ0) is 8.27. The molecule has 0 aliphatic carbocycles. The summed E-state index contributed by atoms with van der Waals surface area (Å²) in [5, 5.41) is 0. The second-order valence-electron chi connectivity index (χ2n) is 1.92. The first kappa shape index (κ1) is 8.77. The Bertz CT molecular complexity index is 256. The van der Waals surface area contributed by atoms with Gasteiger partial charge in [0.2, 0.25) is 0 Å². The molecule has 0 amide bonds. The molecular weight excluding hydrogens is 180 g/mol. The molecule has 0 bridgehead atoms. The molecule has 0 radical (unpaired) electrons. The lowest BCUT2D eigenvalue weighted by Gasteiger charge is -1.96. The highest BCUT2D eigenvalue weighted by atomic mass is 32.2. The van der Waals surface area contributed by atoms with Gasteiger partial charge in [0.15, 0.2) is 11.1 Å². The van der Waals surface area contributed by atoms with Gasteiger partial charge in [-0.2, -0.15) is 0 Å². The summed E-state index contributed by atoms with van der Waals surface area (Å²) in [7, 11) is 0. The summed E-state index contributed by atoms with van der Waals surface area (Å²) < 4.78 is 19.2. The average Bonchev–Trinajstić information content (AvgIpc) is 2.05.